The third-order valence-corrected chi connectivity index (χ3v) is 2.81. The van der Waals surface area contributed by atoms with Crippen LogP contribution in [0.15, 0.2) is 24.3 Å². The van der Waals surface area contributed by atoms with Gasteiger partial charge in [0.15, 0.2) is 0 Å². The minimum atomic E-state index is -4.74. The second-order valence-electron chi connectivity index (χ2n) is 4.17. The number of amides is 1. The Morgan fingerprint density at radius 3 is 2.45 bits per heavy atom. The molecular weight excluding hydrogens is 295 g/mol. The smallest absolute Gasteiger partial charge is 0.406 e. The van der Waals surface area contributed by atoms with Gasteiger partial charge in [-0.2, -0.15) is 0 Å². The standard InChI is InChI=1S/C13H15ClF3NO2/c1-2-3-10(14)8-18-12(19)9-4-6-11(7-5-9)20-13(15,16)17/h4-7,10H,2-3,8H2,1H3,(H,18,19). The Kier molecular flexibility index (Phi) is 6.13. The normalized spacial score (nSPS) is 12.8. The Morgan fingerprint density at radius 1 is 1.35 bits per heavy atom. The molecule has 0 fully saturated rings. The number of carbonyl (C=O) groups excluding carboxylic acids is 1. The summed E-state index contributed by atoms with van der Waals surface area (Å²) in [6, 6.07) is 4.71. The van der Waals surface area contributed by atoms with E-state index in [0.29, 0.717) is 6.54 Å². The van der Waals surface area contributed by atoms with Crippen LogP contribution in [0.3, 0.4) is 0 Å². The topological polar surface area (TPSA) is 38.3 Å². The van der Waals surface area contributed by atoms with Crippen molar-refractivity contribution < 1.29 is 22.7 Å². The van der Waals surface area contributed by atoms with Crippen molar-refractivity contribution in [3.8, 4) is 5.75 Å². The van der Waals surface area contributed by atoms with Gasteiger partial charge >= 0.3 is 6.36 Å². The molecule has 1 unspecified atom stereocenters. The fourth-order valence-electron chi connectivity index (χ4n) is 1.53. The largest absolute Gasteiger partial charge is 0.573 e. The Morgan fingerprint density at radius 2 is 1.95 bits per heavy atom. The molecule has 1 aromatic carbocycles. The van der Waals surface area contributed by atoms with Crippen LogP contribution in [0.1, 0.15) is 30.1 Å². The number of nitrogens with one attached hydrogen (secondary N) is 1. The molecule has 0 radical (unpaired) electrons. The molecule has 1 rings (SSSR count). The summed E-state index contributed by atoms with van der Waals surface area (Å²) in [5.74, 6) is -0.749. The van der Waals surface area contributed by atoms with Crippen molar-refractivity contribution in [2.75, 3.05) is 6.54 Å². The van der Waals surface area contributed by atoms with Crippen molar-refractivity contribution in [1.29, 1.82) is 0 Å². The predicted molar refractivity (Wildman–Crippen MR) is 70.0 cm³/mol. The summed E-state index contributed by atoms with van der Waals surface area (Å²) >= 11 is 5.95. The van der Waals surface area contributed by atoms with Gasteiger partial charge in [-0.15, -0.1) is 24.8 Å². The van der Waals surface area contributed by atoms with Crippen LogP contribution in [0.25, 0.3) is 0 Å². The zero-order valence-corrected chi connectivity index (χ0v) is 11.6. The molecule has 20 heavy (non-hydrogen) atoms. The van der Waals surface area contributed by atoms with Gasteiger partial charge in [-0.1, -0.05) is 13.3 Å². The Bertz CT molecular complexity index is 434. The van der Waals surface area contributed by atoms with E-state index in [0.717, 1.165) is 25.0 Å². The molecule has 0 saturated carbocycles. The summed E-state index contributed by atoms with van der Waals surface area (Å²) in [5, 5.41) is 2.46. The van der Waals surface area contributed by atoms with Crippen molar-refractivity contribution in [1.82, 2.24) is 5.32 Å². The molecule has 3 nitrogen and oxygen atoms in total. The Labute approximate surface area is 120 Å². The summed E-state index contributed by atoms with van der Waals surface area (Å²) in [4.78, 5) is 11.7. The van der Waals surface area contributed by atoms with Crippen LogP contribution in [0.5, 0.6) is 5.75 Å². The molecule has 0 aliphatic rings. The molecule has 1 N–H and O–H groups in total. The third kappa shape index (κ3) is 6.14. The van der Waals surface area contributed by atoms with Crippen LogP contribution >= 0.6 is 11.6 Å². The summed E-state index contributed by atoms with van der Waals surface area (Å²) < 4.78 is 39.6. The van der Waals surface area contributed by atoms with E-state index in [1.807, 2.05) is 6.92 Å². The zero-order valence-electron chi connectivity index (χ0n) is 10.8. The fraction of sp³-hybridized carbons (Fsp3) is 0.462. The maximum Gasteiger partial charge on any atom is 0.573 e. The first-order chi connectivity index (χ1) is 9.31. The lowest BCUT2D eigenvalue weighted by molar-refractivity contribution is -0.274. The molecule has 1 aromatic rings. The fourth-order valence-corrected chi connectivity index (χ4v) is 1.82. The number of halogens is 4. The van der Waals surface area contributed by atoms with E-state index in [9.17, 15) is 18.0 Å². The molecule has 0 aliphatic carbocycles. The zero-order chi connectivity index (χ0) is 15.2. The highest BCUT2D eigenvalue weighted by molar-refractivity contribution is 6.20. The number of carbonyl (C=O) groups is 1. The van der Waals surface area contributed by atoms with E-state index in [1.165, 1.54) is 12.1 Å². The SMILES string of the molecule is CCCC(Cl)CNC(=O)c1ccc(OC(F)(F)F)cc1. The Hall–Kier alpha value is -1.43. The maximum atomic E-state index is 12.0. The molecule has 7 heteroatoms. The highest BCUT2D eigenvalue weighted by atomic mass is 35.5. The van der Waals surface area contributed by atoms with Gasteiger partial charge in [-0.05, 0) is 30.7 Å². The van der Waals surface area contributed by atoms with Crippen molar-refractivity contribution >= 4 is 17.5 Å². The summed E-state index contributed by atoms with van der Waals surface area (Å²) in [6.07, 6.45) is -3.05. The number of alkyl halides is 4. The van der Waals surface area contributed by atoms with Gasteiger partial charge in [-0.25, -0.2) is 0 Å². The molecule has 0 aromatic heterocycles. The molecule has 0 heterocycles. The molecular formula is C13H15ClF3NO2. The lowest BCUT2D eigenvalue weighted by Crippen LogP contribution is -2.29. The second-order valence-corrected chi connectivity index (χ2v) is 4.79. The molecule has 0 aliphatic heterocycles. The monoisotopic (exact) mass is 309 g/mol. The first-order valence-electron chi connectivity index (χ1n) is 6.10. The average molecular weight is 310 g/mol. The van der Waals surface area contributed by atoms with Crippen molar-refractivity contribution in [2.24, 2.45) is 0 Å². The van der Waals surface area contributed by atoms with Gasteiger partial charge in [0.1, 0.15) is 5.75 Å². The third-order valence-electron chi connectivity index (χ3n) is 2.44. The number of hydrogen-bond donors (Lipinski definition) is 1. The summed E-state index contributed by atoms with van der Waals surface area (Å²) in [7, 11) is 0. The van der Waals surface area contributed by atoms with Crippen LogP contribution in [-0.2, 0) is 0 Å². The number of benzene rings is 1. The molecule has 0 spiro atoms. The first kappa shape index (κ1) is 16.6. The van der Waals surface area contributed by atoms with Gasteiger partial charge in [0, 0.05) is 12.1 Å². The van der Waals surface area contributed by atoms with Gasteiger partial charge in [0.05, 0.1) is 5.38 Å². The highest BCUT2D eigenvalue weighted by Gasteiger charge is 2.31. The van der Waals surface area contributed by atoms with Gasteiger partial charge in [-0.3, -0.25) is 4.79 Å². The van der Waals surface area contributed by atoms with E-state index in [4.69, 9.17) is 11.6 Å². The van der Waals surface area contributed by atoms with E-state index >= 15 is 0 Å². The van der Waals surface area contributed by atoms with Gasteiger partial charge in [0.25, 0.3) is 5.91 Å². The van der Waals surface area contributed by atoms with Crippen LogP contribution < -0.4 is 10.1 Å². The molecule has 1 amide bonds. The number of rotatable bonds is 6. The van der Waals surface area contributed by atoms with Crippen LogP contribution in [0.4, 0.5) is 13.2 Å². The summed E-state index contributed by atoms with van der Waals surface area (Å²) in [5.41, 5.74) is 0.250. The maximum absolute atomic E-state index is 12.0. The lowest BCUT2D eigenvalue weighted by atomic mass is 10.2. The molecule has 1 atom stereocenters. The van der Waals surface area contributed by atoms with Crippen LogP contribution in [0.2, 0.25) is 0 Å². The number of hydrogen-bond acceptors (Lipinski definition) is 2. The van der Waals surface area contributed by atoms with Gasteiger partial charge in [0.2, 0.25) is 0 Å². The number of ether oxygens (including phenoxy) is 1. The van der Waals surface area contributed by atoms with Crippen molar-refractivity contribution in [3.63, 3.8) is 0 Å². The van der Waals surface area contributed by atoms with Crippen molar-refractivity contribution in [2.45, 2.75) is 31.5 Å². The summed E-state index contributed by atoms with van der Waals surface area (Å²) in [6.45, 7) is 2.30. The first-order valence-corrected chi connectivity index (χ1v) is 6.53. The minimum Gasteiger partial charge on any atom is -0.406 e. The van der Waals surface area contributed by atoms with E-state index in [1.54, 1.807) is 0 Å². The molecule has 0 saturated heterocycles. The Balaban J connectivity index is 2.53. The minimum absolute atomic E-state index is 0.156. The van der Waals surface area contributed by atoms with Crippen LogP contribution in [0, 0.1) is 0 Å². The van der Waals surface area contributed by atoms with Crippen LogP contribution in [-0.4, -0.2) is 24.2 Å². The van der Waals surface area contributed by atoms with E-state index in [2.05, 4.69) is 10.1 Å². The van der Waals surface area contributed by atoms with E-state index in [-0.39, 0.29) is 22.6 Å². The lowest BCUT2D eigenvalue weighted by Gasteiger charge is -2.11. The van der Waals surface area contributed by atoms with Gasteiger partial charge < -0.3 is 10.1 Å². The van der Waals surface area contributed by atoms with Crippen molar-refractivity contribution in [3.05, 3.63) is 29.8 Å². The average Bonchev–Trinajstić information content (AvgIpc) is 2.35. The quantitative estimate of drug-likeness (QED) is 0.813. The molecule has 0 bridgehead atoms. The highest BCUT2D eigenvalue weighted by Crippen LogP contribution is 2.22. The molecule has 112 valence electrons. The predicted octanol–water partition coefficient (Wildman–Crippen LogP) is 3.72. The second kappa shape index (κ2) is 7.38. The van der Waals surface area contributed by atoms with E-state index < -0.39 is 6.36 Å².